The Bertz CT molecular complexity index is 1090. The molecule has 27 heteroatoms. The van der Waals surface area contributed by atoms with Gasteiger partial charge in [-0.05, 0) is 24.6 Å². The third-order valence-electron chi connectivity index (χ3n) is 9.78. The highest BCUT2D eigenvalue weighted by Crippen LogP contribution is 2.51. The van der Waals surface area contributed by atoms with E-state index in [9.17, 15) is 13.2 Å². The van der Waals surface area contributed by atoms with Crippen molar-refractivity contribution in [2.75, 3.05) is 12.5 Å². The summed E-state index contributed by atoms with van der Waals surface area (Å²) < 4.78 is 124. The topological polar surface area (TPSA) is 111 Å². The zero-order valence-corrected chi connectivity index (χ0v) is 46.3. The molecule has 4 atom stereocenters. The van der Waals surface area contributed by atoms with Crippen molar-refractivity contribution in [3.05, 3.63) is 0 Å². The summed E-state index contributed by atoms with van der Waals surface area (Å²) in [5.74, 6) is 0. The van der Waals surface area contributed by atoms with Crippen molar-refractivity contribution in [3.8, 4) is 0 Å². The van der Waals surface area contributed by atoms with Gasteiger partial charge in [0.25, 0.3) is 0 Å². The van der Waals surface area contributed by atoms with E-state index in [2.05, 4.69) is 55.4 Å². The van der Waals surface area contributed by atoms with Crippen LogP contribution in [-0.4, -0.2) is 94.6 Å². The molecule has 0 aliphatic carbocycles. The van der Waals surface area contributed by atoms with E-state index >= 15 is 0 Å². The van der Waals surface area contributed by atoms with Crippen molar-refractivity contribution >= 4 is 109 Å². The maximum Gasteiger partial charge on any atom is 0.486 e. The van der Waals surface area contributed by atoms with Crippen molar-refractivity contribution in [3.63, 3.8) is 0 Å². The normalized spacial score (nSPS) is 39.3. The Morgan fingerprint density at radius 1 is 0.421 bits per heavy atom. The monoisotopic (exact) mass is 1030 g/mol. The lowest BCUT2D eigenvalue weighted by molar-refractivity contribution is -0.134. The summed E-state index contributed by atoms with van der Waals surface area (Å²) >= 11 is 16.1. The predicted octanol–water partition coefficient (Wildman–Crippen LogP) is 11.1. The fourth-order valence-electron chi connectivity index (χ4n) is 7.96. The quantitative estimate of drug-likeness (QED) is 0.0907. The minimum atomic E-state index is -4.13. The highest BCUT2D eigenvalue weighted by Gasteiger charge is 2.78. The van der Waals surface area contributed by atoms with Crippen molar-refractivity contribution in [1.29, 1.82) is 0 Å². The van der Waals surface area contributed by atoms with E-state index in [0.29, 0.717) is 48.4 Å². The van der Waals surface area contributed by atoms with Gasteiger partial charge in [-0.3, -0.25) is 0 Å². The Morgan fingerprint density at radius 3 is 0.930 bits per heavy atom. The summed E-state index contributed by atoms with van der Waals surface area (Å²) in [6.07, 6.45) is 1.86. The van der Waals surface area contributed by atoms with Crippen LogP contribution in [0, 0.1) is 0 Å². The van der Waals surface area contributed by atoms with Gasteiger partial charge >= 0.3 is 82.1 Å². The van der Waals surface area contributed by atoms with Crippen molar-refractivity contribution in [1.82, 2.24) is 0 Å². The first-order valence-corrected chi connectivity index (χ1v) is 42.4. The Kier molecular flexibility index (Phi) is 19.0. The lowest BCUT2D eigenvalue weighted by atomic mass is 10.3. The molecule has 0 radical (unpaired) electrons. The Labute approximate surface area is 362 Å². The molecular formula is C30H66Cl3F3O12Si9. The molecule has 57 heavy (non-hydrogen) atoms. The van der Waals surface area contributed by atoms with Gasteiger partial charge < -0.3 is 50.0 Å². The number of hydrogen-bond donors (Lipinski definition) is 0. The van der Waals surface area contributed by atoms with Crippen molar-refractivity contribution in [2.45, 2.75) is 180 Å². The fourth-order valence-corrected chi connectivity index (χ4v) is 58.2. The molecule has 8 bridgehead atoms. The van der Waals surface area contributed by atoms with Gasteiger partial charge in [0.15, 0.2) is 0 Å². The molecule has 6 aliphatic heterocycles. The molecule has 0 saturated carbocycles. The third kappa shape index (κ3) is 13.6. The highest BCUT2D eigenvalue weighted by molar-refractivity contribution is 7.64. The zero-order chi connectivity index (χ0) is 42.3. The van der Waals surface area contributed by atoms with E-state index in [-0.39, 0.29) is 24.9 Å². The Morgan fingerprint density at radius 2 is 0.684 bits per heavy atom. The largest absolute Gasteiger partial charge is 0.486 e. The summed E-state index contributed by atoms with van der Waals surface area (Å²) in [6.45, 7) is 17.2. The number of rotatable bonds is 19. The highest BCUT2D eigenvalue weighted by atomic mass is 35.8. The minimum Gasteiger partial charge on any atom is -0.393 e. The van der Waals surface area contributed by atoms with Crippen LogP contribution in [0.1, 0.15) is 120 Å². The second-order valence-electron chi connectivity index (χ2n) is 15.6. The molecule has 12 nitrogen and oxygen atoms in total. The van der Waals surface area contributed by atoms with Gasteiger partial charge in [-0.25, -0.2) is 0 Å². The van der Waals surface area contributed by atoms with Crippen LogP contribution < -0.4 is 0 Å². The molecule has 6 rings (SSSR count). The summed E-state index contributed by atoms with van der Waals surface area (Å²) in [4.78, 5) is 0. The molecule has 336 valence electrons. The summed E-state index contributed by atoms with van der Waals surface area (Å²) in [6, 6.07) is 2.10. The van der Waals surface area contributed by atoms with E-state index in [1.54, 1.807) is 0 Å². The van der Waals surface area contributed by atoms with E-state index in [1.807, 2.05) is 0 Å². The van der Waals surface area contributed by atoms with E-state index in [0.717, 1.165) is 51.4 Å². The maximum atomic E-state index is 11.5. The average Bonchev–Trinajstić information content (AvgIpc) is 3.17. The molecule has 6 heterocycles. The molecule has 0 aromatic heterocycles. The molecule has 6 fully saturated rings. The van der Waals surface area contributed by atoms with E-state index in [4.69, 9.17) is 83.2 Å². The third-order valence-corrected chi connectivity index (χ3v) is 50.4. The van der Waals surface area contributed by atoms with Crippen LogP contribution in [0.4, 0.5) is 13.2 Å². The Balaban J connectivity index is 0.000000572. The number of fused-ring (bicyclic) bond motifs is 2. The molecule has 6 aliphatic rings. The van der Waals surface area contributed by atoms with Gasteiger partial charge in [0.1, 0.15) is 0 Å². The molecular weight excluding hydrogens is 968 g/mol. The van der Waals surface area contributed by atoms with Gasteiger partial charge in [0, 0.05) is 42.7 Å². The molecule has 0 spiro atoms. The lowest BCUT2D eigenvalue weighted by Crippen LogP contribution is -2.78. The van der Waals surface area contributed by atoms with Crippen LogP contribution in [0.2, 0.25) is 54.4 Å². The van der Waals surface area contributed by atoms with Crippen LogP contribution in [0.25, 0.3) is 0 Å². The summed E-state index contributed by atoms with van der Waals surface area (Å²) in [5.41, 5.74) is 0. The second-order valence-corrected chi connectivity index (χ2v) is 50.0. The molecule has 0 aromatic carbocycles. The SMILES string of the molecule is CCC[Si]12CO[Si]3(CCC)O[Si]4(CCC)O[Si]5(CCC)CO[Si](CCC)(O[Si](CCC)(O1)O4)O[Si](CCC)(O2)O[Si](CCC)(O5)O3.FC(F)(F)CCC[Si](Cl)(Cl)Cl. The second kappa shape index (κ2) is 21.0. The standard InChI is InChI=1S/C26H60O12Si8.C4H6Cl3F3Si/c1-9-17-39-25-27-41(19-11-3)35-45(23-15-7)31-40(18-10-2)26-28-42(20-12-4,33-43(29-39,37-45)21-13-5)34-44(30-39,22-14-6)38-46(32-40,36-41)24-16-8;5-11(6,7)3-1-2-4(8,9)10/h9-26H2,1-8H3;1-3H2. The van der Waals surface area contributed by atoms with Crippen molar-refractivity contribution in [2.24, 2.45) is 0 Å². The van der Waals surface area contributed by atoms with E-state index < -0.39 is 88.5 Å². The van der Waals surface area contributed by atoms with Crippen LogP contribution in [0.15, 0.2) is 0 Å². The van der Waals surface area contributed by atoms with Crippen LogP contribution >= 0.6 is 33.2 Å². The molecule has 6 saturated heterocycles. The first-order valence-electron chi connectivity index (χ1n) is 21.1. The number of alkyl halides is 3. The minimum absolute atomic E-state index is 0.0666. The van der Waals surface area contributed by atoms with Gasteiger partial charge in [-0.2, -0.15) is 13.2 Å². The van der Waals surface area contributed by atoms with E-state index in [1.165, 1.54) is 0 Å². The molecule has 0 amide bonds. The average molecular weight is 1030 g/mol. The smallest absolute Gasteiger partial charge is 0.393 e. The molecule has 4 unspecified atom stereocenters. The lowest BCUT2D eigenvalue weighted by Gasteiger charge is -2.54. The van der Waals surface area contributed by atoms with Crippen LogP contribution in [-0.2, 0) is 50.0 Å². The van der Waals surface area contributed by atoms with Gasteiger partial charge in [0.05, 0.1) is 12.5 Å². The number of halogens is 6. The van der Waals surface area contributed by atoms with Gasteiger partial charge in [-0.15, -0.1) is 33.2 Å². The predicted molar refractivity (Wildman–Crippen MR) is 233 cm³/mol. The van der Waals surface area contributed by atoms with Gasteiger partial charge in [-0.1, -0.05) is 107 Å². The number of hydrogen-bond acceptors (Lipinski definition) is 12. The summed E-state index contributed by atoms with van der Waals surface area (Å²) in [7, 11) is -28.4. The first-order chi connectivity index (χ1) is 26.7. The summed E-state index contributed by atoms with van der Waals surface area (Å²) in [5, 5.41) is 0. The molecule has 0 aromatic rings. The zero-order valence-electron chi connectivity index (χ0n) is 35.0. The maximum absolute atomic E-state index is 11.5. The molecule has 0 N–H and O–H groups in total. The van der Waals surface area contributed by atoms with Crippen LogP contribution in [0.5, 0.6) is 0 Å². The first kappa shape index (κ1) is 51.8. The van der Waals surface area contributed by atoms with Crippen LogP contribution in [0.3, 0.4) is 0 Å². The fraction of sp³-hybridized carbons (Fsp3) is 1.00. The van der Waals surface area contributed by atoms with Crippen molar-refractivity contribution < 1.29 is 63.2 Å². The van der Waals surface area contributed by atoms with Gasteiger partial charge in [0.2, 0.25) is 0 Å². The Hall–Kier alpha value is 2.13.